The van der Waals surface area contributed by atoms with Crippen LogP contribution in [0.3, 0.4) is 0 Å². The van der Waals surface area contributed by atoms with Crippen molar-refractivity contribution in [3.63, 3.8) is 0 Å². The van der Waals surface area contributed by atoms with Crippen LogP contribution in [-0.2, 0) is 0 Å². The number of fused-ring (bicyclic) bond motifs is 1. The molecule has 0 heterocycles. The lowest BCUT2D eigenvalue weighted by Gasteiger charge is -2.18. The fourth-order valence-corrected chi connectivity index (χ4v) is 9.45. The van der Waals surface area contributed by atoms with Crippen molar-refractivity contribution in [2.75, 3.05) is 0 Å². The van der Waals surface area contributed by atoms with Crippen LogP contribution in [0.15, 0.2) is 194 Å². The van der Waals surface area contributed by atoms with Gasteiger partial charge in [-0.15, -0.1) is 0 Å². The van der Waals surface area contributed by atoms with Crippen LogP contribution in [0.25, 0.3) is 120 Å². The molecule has 12 aromatic rings. The van der Waals surface area contributed by atoms with Gasteiger partial charge in [-0.2, -0.15) is 0 Å². The summed E-state index contributed by atoms with van der Waals surface area (Å²) in [5, 5.41) is 18.3. The molecule has 0 spiro atoms. The zero-order chi connectivity index (χ0) is 35.3. The molecule has 0 aliphatic heterocycles. The third-order valence-electron chi connectivity index (χ3n) is 12.0. The molecule has 0 fully saturated rings. The molecular formula is C54H32. The third kappa shape index (κ3) is 4.26. The second kappa shape index (κ2) is 11.2. The standard InChI is InChI=1S/C54H32/c1-2-12-43-33(6-1)7-5-13-46(43)47-29-26-42(45-28-23-41-21-19-37-9-4-11-39-25-31-49(45)54(41)52(37)39)32-50(47)35-16-14-34(15-17-35)44-27-22-40-20-18-36-8-3-10-38-24-30-48(44)53(40)51(36)38/h1-32H. The molecular weight excluding hydrogens is 649 g/mol. The lowest BCUT2D eigenvalue weighted by Crippen LogP contribution is -1.91. The molecule has 0 bridgehead atoms. The van der Waals surface area contributed by atoms with Crippen molar-refractivity contribution < 1.29 is 0 Å². The molecule has 12 rings (SSSR count). The second-order valence-electron chi connectivity index (χ2n) is 14.8. The minimum absolute atomic E-state index is 1.21. The maximum Gasteiger partial charge on any atom is -0.00206 e. The fourth-order valence-electron chi connectivity index (χ4n) is 9.45. The quantitative estimate of drug-likeness (QED) is 0.162. The highest BCUT2D eigenvalue weighted by atomic mass is 14.2. The Morgan fingerprint density at radius 3 is 1.20 bits per heavy atom. The Hall–Kier alpha value is -7.02. The first-order chi connectivity index (χ1) is 26.8. The van der Waals surface area contributed by atoms with Crippen LogP contribution < -0.4 is 0 Å². The van der Waals surface area contributed by atoms with Crippen molar-refractivity contribution in [1.29, 1.82) is 0 Å². The molecule has 0 atom stereocenters. The van der Waals surface area contributed by atoms with Crippen molar-refractivity contribution in [3.8, 4) is 44.5 Å². The zero-order valence-electron chi connectivity index (χ0n) is 29.5. The summed E-state index contributed by atoms with van der Waals surface area (Å²) < 4.78 is 0. The van der Waals surface area contributed by atoms with Crippen LogP contribution >= 0.6 is 0 Å². The summed E-state index contributed by atoms with van der Waals surface area (Å²) in [4.78, 5) is 0. The third-order valence-corrected chi connectivity index (χ3v) is 12.0. The SMILES string of the molecule is c1ccc2c(-c3ccc(-c4ccc5ccc6cccc7ccc4c5c67)cc3-c3ccc(-c4ccc5ccc6cccc7ccc4c5c67)cc3)cccc2c1. The maximum atomic E-state index is 2.43. The molecule has 0 amide bonds. The minimum atomic E-state index is 1.21. The van der Waals surface area contributed by atoms with Crippen LogP contribution in [0.5, 0.6) is 0 Å². The molecule has 12 aromatic carbocycles. The average Bonchev–Trinajstić information content (AvgIpc) is 3.24. The highest BCUT2D eigenvalue weighted by Crippen LogP contribution is 2.44. The summed E-state index contributed by atoms with van der Waals surface area (Å²) in [7, 11) is 0. The Kier molecular flexibility index (Phi) is 6.15. The molecule has 0 aliphatic rings. The molecule has 0 saturated heterocycles. The number of hydrogen-bond donors (Lipinski definition) is 0. The normalized spacial score (nSPS) is 12.1. The summed E-state index contributed by atoms with van der Waals surface area (Å²) in [6, 6.07) is 72.5. The zero-order valence-corrected chi connectivity index (χ0v) is 29.5. The lowest BCUT2D eigenvalue weighted by atomic mass is 9.86. The van der Waals surface area contributed by atoms with Crippen LogP contribution in [-0.4, -0.2) is 0 Å². The van der Waals surface area contributed by atoms with Crippen LogP contribution in [0.1, 0.15) is 0 Å². The van der Waals surface area contributed by atoms with Gasteiger partial charge >= 0.3 is 0 Å². The highest BCUT2D eigenvalue weighted by Gasteiger charge is 2.17. The number of rotatable bonds is 4. The molecule has 0 saturated carbocycles. The largest absolute Gasteiger partial charge is 0.0616 e. The predicted octanol–water partition coefficient (Wildman–Crippen LogP) is 15.3. The van der Waals surface area contributed by atoms with Crippen LogP contribution in [0.4, 0.5) is 0 Å². The second-order valence-corrected chi connectivity index (χ2v) is 14.8. The molecule has 0 radical (unpaired) electrons. The summed E-state index contributed by atoms with van der Waals surface area (Å²) in [5.74, 6) is 0. The van der Waals surface area contributed by atoms with Gasteiger partial charge in [0, 0.05) is 0 Å². The molecule has 0 N–H and O–H groups in total. The Morgan fingerprint density at radius 2 is 0.593 bits per heavy atom. The van der Waals surface area contributed by atoms with Gasteiger partial charge in [-0.05, 0) is 126 Å². The van der Waals surface area contributed by atoms with Crippen molar-refractivity contribution in [2.24, 2.45) is 0 Å². The van der Waals surface area contributed by atoms with E-state index in [9.17, 15) is 0 Å². The van der Waals surface area contributed by atoms with E-state index in [0.29, 0.717) is 0 Å². The van der Waals surface area contributed by atoms with E-state index >= 15 is 0 Å². The van der Waals surface area contributed by atoms with E-state index in [1.54, 1.807) is 0 Å². The van der Waals surface area contributed by atoms with Gasteiger partial charge in [-0.25, -0.2) is 0 Å². The fraction of sp³-hybridized carbons (Fsp3) is 0. The molecule has 0 aliphatic carbocycles. The van der Waals surface area contributed by atoms with Crippen molar-refractivity contribution >= 4 is 75.4 Å². The lowest BCUT2D eigenvalue weighted by molar-refractivity contribution is 1.58. The van der Waals surface area contributed by atoms with Gasteiger partial charge < -0.3 is 0 Å². The first-order valence-corrected chi connectivity index (χ1v) is 18.8. The van der Waals surface area contributed by atoms with E-state index in [2.05, 4.69) is 194 Å². The van der Waals surface area contributed by atoms with Crippen LogP contribution in [0.2, 0.25) is 0 Å². The van der Waals surface area contributed by atoms with Gasteiger partial charge in [0.2, 0.25) is 0 Å². The Balaban J connectivity index is 1.06. The maximum absolute atomic E-state index is 2.43. The van der Waals surface area contributed by atoms with Gasteiger partial charge in [0.05, 0.1) is 0 Å². The van der Waals surface area contributed by atoms with Gasteiger partial charge in [-0.3, -0.25) is 0 Å². The first-order valence-electron chi connectivity index (χ1n) is 18.8. The highest BCUT2D eigenvalue weighted by molar-refractivity contribution is 6.26. The monoisotopic (exact) mass is 680 g/mol. The van der Waals surface area contributed by atoms with Gasteiger partial charge in [0.1, 0.15) is 0 Å². The summed E-state index contributed by atoms with van der Waals surface area (Å²) in [5.41, 5.74) is 9.91. The molecule has 0 nitrogen and oxygen atoms in total. The number of hydrogen-bond acceptors (Lipinski definition) is 0. The van der Waals surface area contributed by atoms with Crippen molar-refractivity contribution in [2.45, 2.75) is 0 Å². The summed E-state index contributed by atoms with van der Waals surface area (Å²) in [6.45, 7) is 0. The molecule has 0 heteroatoms. The van der Waals surface area contributed by atoms with E-state index in [4.69, 9.17) is 0 Å². The van der Waals surface area contributed by atoms with Gasteiger partial charge in [-0.1, -0.05) is 188 Å². The molecule has 248 valence electrons. The predicted molar refractivity (Wildman–Crippen MR) is 233 cm³/mol. The molecule has 0 unspecified atom stereocenters. The van der Waals surface area contributed by atoms with Crippen molar-refractivity contribution in [3.05, 3.63) is 194 Å². The van der Waals surface area contributed by atoms with E-state index < -0.39 is 0 Å². The number of benzene rings is 12. The Labute approximate surface area is 312 Å². The first kappa shape index (κ1) is 29.5. The van der Waals surface area contributed by atoms with Crippen molar-refractivity contribution in [1.82, 2.24) is 0 Å². The summed E-state index contributed by atoms with van der Waals surface area (Å²) in [6.07, 6.45) is 0. The molecule has 54 heavy (non-hydrogen) atoms. The Morgan fingerprint density at radius 1 is 0.185 bits per heavy atom. The van der Waals surface area contributed by atoms with E-state index in [0.717, 1.165) is 0 Å². The summed E-state index contributed by atoms with van der Waals surface area (Å²) >= 11 is 0. The van der Waals surface area contributed by atoms with E-state index in [-0.39, 0.29) is 0 Å². The topological polar surface area (TPSA) is 0 Å². The Bertz CT molecular complexity index is 3380. The van der Waals surface area contributed by atoms with Gasteiger partial charge in [0.25, 0.3) is 0 Å². The van der Waals surface area contributed by atoms with E-state index in [1.165, 1.54) is 120 Å². The average molecular weight is 681 g/mol. The van der Waals surface area contributed by atoms with Crippen LogP contribution in [0, 0.1) is 0 Å². The van der Waals surface area contributed by atoms with Gasteiger partial charge in [0.15, 0.2) is 0 Å². The smallest absolute Gasteiger partial charge is 0.00206 e. The van der Waals surface area contributed by atoms with E-state index in [1.807, 2.05) is 0 Å². The minimum Gasteiger partial charge on any atom is -0.0616 e. The molecule has 0 aromatic heterocycles.